The molecule has 3 rings (SSSR count). The number of aromatic nitrogens is 1. The van der Waals surface area contributed by atoms with Gasteiger partial charge in [-0.3, -0.25) is 4.79 Å². The summed E-state index contributed by atoms with van der Waals surface area (Å²) in [7, 11) is 1.74. The van der Waals surface area contributed by atoms with E-state index in [4.69, 9.17) is 15.2 Å². The number of nitrogens with two attached hydrogens (primary N) is 1. The molecule has 2 heterocycles. The highest BCUT2D eigenvalue weighted by Gasteiger charge is 2.29. The lowest BCUT2D eigenvalue weighted by atomic mass is 9.92. The molecule has 1 aliphatic heterocycles. The second-order valence-electron chi connectivity index (χ2n) is 7.02. The predicted molar refractivity (Wildman–Crippen MR) is 97.2 cm³/mol. The third kappa shape index (κ3) is 3.86. The van der Waals surface area contributed by atoms with Crippen LogP contribution >= 0.6 is 0 Å². The topological polar surface area (TPSA) is 80.6 Å². The van der Waals surface area contributed by atoms with Crippen LogP contribution in [0.1, 0.15) is 25.3 Å². The third-order valence-corrected chi connectivity index (χ3v) is 4.87. The first-order valence-corrected chi connectivity index (χ1v) is 8.77. The molecule has 1 amide bonds. The summed E-state index contributed by atoms with van der Waals surface area (Å²) in [4.78, 5) is 17.6. The van der Waals surface area contributed by atoms with Crippen molar-refractivity contribution in [1.29, 1.82) is 0 Å². The van der Waals surface area contributed by atoms with Crippen LogP contribution in [-0.4, -0.2) is 54.9 Å². The van der Waals surface area contributed by atoms with E-state index in [0.29, 0.717) is 25.7 Å². The van der Waals surface area contributed by atoms with Gasteiger partial charge in [-0.15, -0.1) is 0 Å². The van der Waals surface area contributed by atoms with Gasteiger partial charge in [0.25, 0.3) is 0 Å². The number of hydrogen-bond acceptors (Lipinski definition) is 4. The zero-order valence-corrected chi connectivity index (χ0v) is 15.1. The van der Waals surface area contributed by atoms with Crippen LogP contribution in [0.5, 0.6) is 0 Å². The van der Waals surface area contributed by atoms with Crippen LogP contribution in [0.15, 0.2) is 30.5 Å². The predicted octanol–water partition coefficient (Wildman–Crippen LogP) is 2.07. The number of carbonyl (C=O) groups excluding carboxylic acids is 1. The minimum Gasteiger partial charge on any atom is -0.361 e. The molecule has 0 saturated carbocycles. The molecule has 3 N–H and O–H groups in total. The summed E-state index contributed by atoms with van der Waals surface area (Å²) in [5, 5.41) is 1.11. The number of nitrogens with zero attached hydrogens (tertiary/aromatic N) is 1. The molecule has 0 unspecified atom stereocenters. The summed E-state index contributed by atoms with van der Waals surface area (Å²) in [6.45, 7) is 5.76. The average Bonchev–Trinajstić information content (AvgIpc) is 3.05. The van der Waals surface area contributed by atoms with Gasteiger partial charge in [0.2, 0.25) is 5.91 Å². The Hall–Kier alpha value is -1.89. The van der Waals surface area contributed by atoms with E-state index >= 15 is 0 Å². The Balaban J connectivity index is 1.64. The zero-order chi connectivity index (χ0) is 18.0. The van der Waals surface area contributed by atoms with Crippen molar-refractivity contribution in [2.24, 2.45) is 11.7 Å². The van der Waals surface area contributed by atoms with E-state index in [2.05, 4.69) is 11.9 Å². The average molecular weight is 345 g/mol. The van der Waals surface area contributed by atoms with Crippen LogP contribution in [0.4, 0.5) is 0 Å². The highest BCUT2D eigenvalue weighted by molar-refractivity contribution is 5.87. The van der Waals surface area contributed by atoms with Gasteiger partial charge in [0, 0.05) is 36.0 Å². The van der Waals surface area contributed by atoms with Crippen molar-refractivity contribution in [2.45, 2.75) is 32.1 Å². The lowest BCUT2D eigenvalue weighted by Crippen LogP contribution is -2.48. The van der Waals surface area contributed by atoms with Gasteiger partial charge in [0.15, 0.2) is 6.29 Å². The van der Waals surface area contributed by atoms with Crippen LogP contribution in [0.25, 0.3) is 10.9 Å². The first-order chi connectivity index (χ1) is 12.0. The van der Waals surface area contributed by atoms with Crippen LogP contribution in [0.2, 0.25) is 0 Å². The number of H-pyrrole nitrogens is 1. The number of benzene rings is 1. The molecule has 1 aromatic heterocycles. The third-order valence-electron chi connectivity index (χ3n) is 4.87. The van der Waals surface area contributed by atoms with Crippen LogP contribution < -0.4 is 5.73 Å². The molecule has 6 heteroatoms. The first-order valence-electron chi connectivity index (χ1n) is 8.77. The van der Waals surface area contributed by atoms with Gasteiger partial charge in [0.05, 0.1) is 25.8 Å². The second kappa shape index (κ2) is 7.56. The Labute approximate surface area is 148 Å². The van der Waals surface area contributed by atoms with E-state index in [-0.39, 0.29) is 18.1 Å². The monoisotopic (exact) mass is 345 g/mol. The lowest BCUT2D eigenvalue weighted by molar-refractivity contribution is -0.204. The van der Waals surface area contributed by atoms with Gasteiger partial charge in [-0.05, 0) is 11.6 Å². The molecule has 2 aromatic rings. The van der Waals surface area contributed by atoms with Crippen LogP contribution in [-0.2, 0) is 14.3 Å². The summed E-state index contributed by atoms with van der Waals surface area (Å²) in [6.07, 6.45) is 1.57. The van der Waals surface area contributed by atoms with Gasteiger partial charge < -0.3 is 25.1 Å². The molecule has 0 bridgehead atoms. The van der Waals surface area contributed by atoms with E-state index in [9.17, 15) is 4.79 Å². The molecule has 1 aromatic carbocycles. The molecular formula is C19H27N3O3. The van der Waals surface area contributed by atoms with E-state index < -0.39 is 6.04 Å². The molecule has 6 nitrogen and oxygen atoms in total. The number of likely N-dealkylation sites (N-methyl/N-ethyl adjacent to an activating group) is 1. The fourth-order valence-corrected chi connectivity index (χ4v) is 3.19. The minimum atomic E-state index is -0.619. The standard InChI is InChI=1S/C19H27N3O3/c1-12-10-24-17(25-11-12)9-22(3)19(23)18(20)13(2)15-8-21-16-7-5-4-6-14(15)16/h4-8,12-13,17-18,21H,9-11,20H2,1-3H3/t12?,13-,17?,18+/m0/s1. The van der Waals surface area contributed by atoms with Gasteiger partial charge in [-0.2, -0.15) is 0 Å². The number of hydrogen-bond donors (Lipinski definition) is 2. The molecule has 136 valence electrons. The lowest BCUT2D eigenvalue weighted by Gasteiger charge is -2.32. The van der Waals surface area contributed by atoms with Crippen molar-refractivity contribution in [3.63, 3.8) is 0 Å². The Bertz CT molecular complexity index is 722. The summed E-state index contributed by atoms with van der Waals surface area (Å²) >= 11 is 0. The molecule has 0 radical (unpaired) electrons. The Morgan fingerprint density at radius 2 is 2.04 bits per heavy atom. The Morgan fingerprint density at radius 3 is 2.76 bits per heavy atom. The van der Waals surface area contributed by atoms with Crippen molar-refractivity contribution in [3.05, 3.63) is 36.0 Å². The van der Waals surface area contributed by atoms with E-state index in [1.807, 2.05) is 37.4 Å². The molecule has 25 heavy (non-hydrogen) atoms. The fourth-order valence-electron chi connectivity index (χ4n) is 3.19. The molecule has 2 atom stereocenters. The smallest absolute Gasteiger partial charge is 0.240 e. The summed E-state index contributed by atoms with van der Waals surface area (Å²) in [5.41, 5.74) is 8.39. The largest absolute Gasteiger partial charge is 0.361 e. The summed E-state index contributed by atoms with van der Waals surface area (Å²) in [6, 6.07) is 7.42. The maximum absolute atomic E-state index is 12.7. The second-order valence-corrected chi connectivity index (χ2v) is 7.02. The minimum absolute atomic E-state index is 0.0979. The summed E-state index contributed by atoms with van der Waals surface area (Å²) < 4.78 is 11.2. The molecule has 0 spiro atoms. The maximum atomic E-state index is 12.7. The highest BCUT2D eigenvalue weighted by atomic mass is 16.7. The van der Waals surface area contributed by atoms with E-state index in [1.165, 1.54) is 0 Å². The number of para-hydroxylation sites is 1. The zero-order valence-electron chi connectivity index (χ0n) is 15.1. The molecule has 1 fully saturated rings. The Kier molecular flexibility index (Phi) is 5.42. The van der Waals surface area contributed by atoms with Crippen LogP contribution in [0, 0.1) is 5.92 Å². The number of aromatic amines is 1. The number of fused-ring (bicyclic) bond motifs is 1. The van der Waals surface area contributed by atoms with Crippen molar-refractivity contribution in [1.82, 2.24) is 9.88 Å². The van der Waals surface area contributed by atoms with Gasteiger partial charge >= 0.3 is 0 Å². The highest BCUT2D eigenvalue weighted by Crippen LogP contribution is 2.27. The van der Waals surface area contributed by atoms with Gasteiger partial charge in [-0.25, -0.2) is 0 Å². The summed E-state index contributed by atoms with van der Waals surface area (Å²) in [5.74, 6) is 0.185. The number of amides is 1. The molecule has 1 saturated heterocycles. The SMILES string of the molecule is CC1COC(CN(C)C(=O)[C@H](N)[C@@H](C)c2c[nH]c3ccccc23)OC1. The van der Waals surface area contributed by atoms with Crippen molar-refractivity contribution < 1.29 is 14.3 Å². The molecule has 1 aliphatic rings. The van der Waals surface area contributed by atoms with Gasteiger partial charge in [0.1, 0.15) is 0 Å². The van der Waals surface area contributed by atoms with E-state index in [0.717, 1.165) is 16.5 Å². The first kappa shape index (κ1) is 17.9. The van der Waals surface area contributed by atoms with Gasteiger partial charge in [-0.1, -0.05) is 32.0 Å². The number of nitrogens with one attached hydrogen (secondary N) is 1. The number of ether oxygens (including phenoxy) is 2. The molecule has 0 aliphatic carbocycles. The quantitative estimate of drug-likeness (QED) is 0.869. The number of carbonyl (C=O) groups is 1. The molecular weight excluding hydrogens is 318 g/mol. The van der Waals surface area contributed by atoms with E-state index in [1.54, 1.807) is 11.9 Å². The van der Waals surface area contributed by atoms with Crippen molar-refractivity contribution in [2.75, 3.05) is 26.8 Å². The van der Waals surface area contributed by atoms with Crippen LogP contribution in [0.3, 0.4) is 0 Å². The maximum Gasteiger partial charge on any atom is 0.240 e. The van der Waals surface area contributed by atoms with Crippen molar-refractivity contribution in [3.8, 4) is 0 Å². The normalized spacial score (nSPS) is 23.4. The number of rotatable bonds is 5. The van der Waals surface area contributed by atoms with Crippen molar-refractivity contribution >= 4 is 16.8 Å². The fraction of sp³-hybridized carbons (Fsp3) is 0.526. The Morgan fingerprint density at radius 1 is 1.36 bits per heavy atom.